The van der Waals surface area contributed by atoms with E-state index in [4.69, 9.17) is 11.6 Å². The summed E-state index contributed by atoms with van der Waals surface area (Å²) in [4.78, 5) is 38.4. The van der Waals surface area contributed by atoms with Crippen molar-refractivity contribution in [2.75, 3.05) is 24.5 Å². The van der Waals surface area contributed by atoms with Gasteiger partial charge in [0.05, 0.1) is 11.4 Å². The van der Waals surface area contributed by atoms with Gasteiger partial charge in [-0.1, -0.05) is 25.4 Å². The molecule has 4 heterocycles. The first-order valence-electron chi connectivity index (χ1n) is 10.7. The summed E-state index contributed by atoms with van der Waals surface area (Å²) in [5.41, 5.74) is 2.61. The molecule has 11 heteroatoms. The van der Waals surface area contributed by atoms with E-state index in [0.717, 1.165) is 11.3 Å². The second kappa shape index (κ2) is 8.66. The van der Waals surface area contributed by atoms with Crippen molar-refractivity contribution in [2.24, 2.45) is 4.99 Å². The Hall–Kier alpha value is -3.14. The van der Waals surface area contributed by atoms with Crippen molar-refractivity contribution in [3.8, 4) is 0 Å². The van der Waals surface area contributed by atoms with Crippen LogP contribution >= 0.6 is 11.6 Å². The average Bonchev–Trinajstić information content (AvgIpc) is 2.75. The zero-order valence-electron chi connectivity index (χ0n) is 18.8. The Bertz CT molecular complexity index is 1100. The van der Waals surface area contributed by atoms with Gasteiger partial charge in [0.15, 0.2) is 17.2 Å². The molecule has 1 unspecified atom stereocenters. The monoisotopic (exact) mass is 476 g/mol. The second-order valence-corrected chi connectivity index (χ2v) is 9.04. The highest BCUT2D eigenvalue weighted by molar-refractivity contribution is 6.69. The molecule has 3 aliphatic heterocycles. The molecule has 0 radical (unpaired) electrons. The quantitative estimate of drug-likeness (QED) is 0.691. The van der Waals surface area contributed by atoms with E-state index in [9.17, 15) is 19.1 Å². The van der Waals surface area contributed by atoms with Crippen molar-refractivity contribution in [3.05, 3.63) is 46.8 Å². The lowest BCUT2D eigenvalue weighted by Crippen LogP contribution is -2.60. The number of hydrogen-bond acceptors (Lipinski definition) is 5. The van der Waals surface area contributed by atoms with E-state index >= 15 is 0 Å². The molecule has 9 nitrogen and oxygen atoms in total. The van der Waals surface area contributed by atoms with Crippen LogP contribution in [0.4, 0.5) is 19.7 Å². The van der Waals surface area contributed by atoms with Crippen LogP contribution in [0, 0.1) is 6.92 Å². The minimum atomic E-state index is -0.996. The molecule has 0 bridgehead atoms. The lowest BCUT2D eigenvalue weighted by Gasteiger charge is -2.46. The van der Waals surface area contributed by atoms with Gasteiger partial charge in [0.1, 0.15) is 5.82 Å². The summed E-state index contributed by atoms with van der Waals surface area (Å²) in [6.45, 7) is 8.56. The number of amides is 3. The third-order valence-electron chi connectivity index (χ3n) is 6.08. The van der Waals surface area contributed by atoms with Crippen LogP contribution in [0.2, 0.25) is 0 Å². The van der Waals surface area contributed by atoms with Gasteiger partial charge in [-0.3, -0.25) is 15.2 Å². The van der Waals surface area contributed by atoms with Crippen molar-refractivity contribution in [1.29, 1.82) is 0 Å². The zero-order chi connectivity index (χ0) is 24.0. The molecule has 4 rings (SSSR count). The Morgan fingerprint density at radius 3 is 2.73 bits per heavy atom. The smallest absolute Gasteiger partial charge is 0.407 e. The van der Waals surface area contributed by atoms with Crippen LogP contribution in [-0.2, 0) is 0 Å². The van der Waals surface area contributed by atoms with Crippen LogP contribution in [0.3, 0.4) is 0 Å². The maximum atomic E-state index is 14.6. The van der Waals surface area contributed by atoms with Crippen LogP contribution < -0.4 is 10.2 Å². The first-order valence-corrected chi connectivity index (χ1v) is 11.1. The topological polar surface area (TPSA) is 101 Å². The van der Waals surface area contributed by atoms with Gasteiger partial charge in [0, 0.05) is 37.4 Å². The molecule has 0 aromatic carbocycles. The van der Waals surface area contributed by atoms with E-state index < -0.39 is 24.1 Å². The molecule has 1 aromatic heterocycles. The van der Waals surface area contributed by atoms with E-state index in [1.807, 2.05) is 38.7 Å². The number of pyridine rings is 1. The molecular weight excluding hydrogens is 451 g/mol. The number of aliphatic imine (C=N–C) groups is 1. The predicted octanol–water partition coefficient (Wildman–Crippen LogP) is 3.77. The fourth-order valence-corrected chi connectivity index (χ4v) is 4.62. The van der Waals surface area contributed by atoms with Gasteiger partial charge < -0.3 is 14.9 Å². The minimum Gasteiger partial charge on any atom is -0.465 e. The van der Waals surface area contributed by atoms with Gasteiger partial charge in [-0.15, -0.1) is 0 Å². The van der Waals surface area contributed by atoms with E-state index in [1.165, 1.54) is 15.9 Å². The summed E-state index contributed by atoms with van der Waals surface area (Å²) < 4.78 is 14.6. The van der Waals surface area contributed by atoms with E-state index in [0.29, 0.717) is 23.6 Å². The molecule has 0 saturated carbocycles. The van der Waals surface area contributed by atoms with Crippen LogP contribution in [0.25, 0.3) is 0 Å². The second-order valence-electron chi connectivity index (χ2n) is 8.68. The highest BCUT2D eigenvalue weighted by Gasteiger charge is 2.42. The molecule has 0 spiro atoms. The zero-order valence-corrected chi connectivity index (χ0v) is 19.6. The molecule has 1 aromatic rings. The number of carboxylic acid groups (broad SMARTS) is 1. The van der Waals surface area contributed by atoms with Crippen LogP contribution in [0.5, 0.6) is 0 Å². The first kappa shape index (κ1) is 23.0. The van der Waals surface area contributed by atoms with Gasteiger partial charge in [0.2, 0.25) is 0 Å². The number of carbonyl (C=O) groups is 2. The molecule has 1 fully saturated rings. The first-order chi connectivity index (χ1) is 15.6. The number of carbonyl (C=O) groups excluding carboxylic acids is 1. The summed E-state index contributed by atoms with van der Waals surface area (Å²) in [7, 11) is 0. The number of dihydropyridines is 1. The summed E-state index contributed by atoms with van der Waals surface area (Å²) in [5.74, 6) is -0.254. The lowest BCUT2D eigenvalue weighted by molar-refractivity contribution is 0.0882. The molecule has 33 heavy (non-hydrogen) atoms. The number of halogens is 2. The summed E-state index contributed by atoms with van der Waals surface area (Å²) in [6.07, 6.45) is 1.10. The Morgan fingerprint density at radius 2 is 2.09 bits per heavy atom. The summed E-state index contributed by atoms with van der Waals surface area (Å²) >= 11 is 6.07. The number of nitrogens with zero attached hydrogens (tertiary/aromatic N) is 5. The van der Waals surface area contributed by atoms with Gasteiger partial charge in [-0.2, -0.15) is 0 Å². The molecule has 176 valence electrons. The number of aromatic nitrogens is 1. The van der Waals surface area contributed by atoms with Gasteiger partial charge in [-0.05, 0) is 37.5 Å². The van der Waals surface area contributed by atoms with Crippen LogP contribution in [-0.4, -0.2) is 69.0 Å². The fraction of sp³-hybridized carbons (Fsp3) is 0.455. The predicted molar refractivity (Wildman–Crippen MR) is 123 cm³/mol. The average molecular weight is 477 g/mol. The van der Waals surface area contributed by atoms with Gasteiger partial charge in [-0.25, -0.2) is 19.0 Å². The number of nitrogens with one attached hydrogen (secondary N) is 1. The summed E-state index contributed by atoms with van der Waals surface area (Å²) in [6, 6.07) is 1.13. The Kier molecular flexibility index (Phi) is 6.04. The number of piperazine rings is 1. The molecule has 2 N–H and O–H groups in total. The van der Waals surface area contributed by atoms with Gasteiger partial charge in [0.25, 0.3) is 0 Å². The van der Waals surface area contributed by atoms with Crippen LogP contribution in [0.1, 0.15) is 37.9 Å². The van der Waals surface area contributed by atoms with E-state index in [2.05, 4.69) is 15.3 Å². The van der Waals surface area contributed by atoms with Crippen molar-refractivity contribution in [1.82, 2.24) is 20.1 Å². The van der Waals surface area contributed by atoms with Gasteiger partial charge >= 0.3 is 12.1 Å². The molecule has 0 aliphatic carbocycles. The summed E-state index contributed by atoms with van der Waals surface area (Å²) in [5, 5.41) is 11.9. The highest BCUT2D eigenvalue weighted by atomic mass is 35.5. The lowest BCUT2D eigenvalue weighted by atomic mass is 10.00. The van der Waals surface area contributed by atoms with Crippen molar-refractivity contribution < 1.29 is 19.1 Å². The Labute approximate surface area is 196 Å². The maximum Gasteiger partial charge on any atom is 0.407 e. The minimum absolute atomic E-state index is 0.0287. The fourth-order valence-electron chi connectivity index (χ4n) is 4.47. The number of urea groups is 1. The molecular formula is C22H26ClFN6O3. The number of rotatable bonds is 3. The van der Waals surface area contributed by atoms with Crippen molar-refractivity contribution >= 4 is 34.6 Å². The molecule has 3 aliphatic rings. The van der Waals surface area contributed by atoms with Crippen molar-refractivity contribution in [2.45, 2.75) is 45.8 Å². The van der Waals surface area contributed by atoms with Crippen LogP contribution in [0.15, 0.2) is 40.6 Å². The maximum absolute atomic E-state index is 14.6. The largest absolute Gasteiger partial charge is 0.465 e. The van der Waals surface area contributed by atoms with E-state index in [1.54, 1.807) is 6.20 Å². The normalized spacial score (nSPS) is 23.4. The number of fused-ring (bicyclic) bond motifs is 1. The molecule has 2 atom stereocenters. The van der Waals surface area contributed by atoms with Crippen molar-refractivity contribution in [3.63, 3.8) is 0 Å². The Morgan fingerprint density at radius 1 is 1.36 bits per heavy atom. The highest BCUT2D eigenvalue weighted by Crippen LogP contribution is 2.38. The third-order valence-corrected chi connectivity index (χ3v) is 6.36. The Balaban J connectivity index is 1.82. The molecule has 1 saturated heterocycles. The molecule has 3 amide bonds. The standard InChI is InChI=1S/C22H26ClFN6O3/c1-11(2)16-17(12(3)5-6-25-16)30-20-14(9-15(24)18(23)26-20)19(27-21(30)31)29-8-7-28(22(32)33)10-13(29)4/h5-6,9,11,13,20H,7-8,10H2,1-4H3,(H,27,31)(H,32,33)/t13-,20?/m0/s1. The number of allylic oxidation sites excluding steroid dienone is 1. The number of anilines is 1. The SMILES string of the molecule is Cc1ccnc(C(C)C)c1N1C(=O)NC(N2CCN(C(=O)O)C[C@@H]2C)=C2C=C(F)C(Cl)=NC21. The van der Waals surface area contributed by atoms with E-state index in [-0.39, 0.29) is 30.2 Å². The third kappa shape index (κ3) is 4.03. The number of hydrogen-bond donors (Lipinski definition) is 2. The number of aryl methyl sites for hydroxylation is 1.